The lowest BCUT2D eigenvalue weighted by atomic mass is 9.83. The van der Waals surface area contributed by atoms with Gasteiger partial charge < -0.3 is 9.47 Å². The van der Waals surface area contributed by atoms with Crippen molar-refractivity contribution in [2.24, 2.45) is 16.9 Å². The molecule has 3 heterocycles. The number of fused-ring (bicyclic) bond motifs is 5. The number of hydrogen-bond acceptors (Lipinski definition) is 7. The van der Waals surface area contributed by atoms with E-state index >= 15 is 0 Å². The molecule has 8 nitrogen and oxygen atoms in total. The Kier molecular flexibility index (Phi) is 5.10. The molecule has 8 heteroatoms. The van der Waals surface area contributed by atoms with Crippen LogP contribution in [-0.2, 0) is 9.59 Å². The number of rotatable bonds is 5. The van der Waals surface area contributed by atoms with E-state index in [0.29, 0.717) is 22.7 Å². The first kappa shape index (κ1) is 22.0. The Labute approximate surface area is 207 Å². The number of amides is 2. The van der Waals surface area contributed by atoms with Crippen molar-refractivity contribution >= 4 is 29.5 Å². The average Bonchev–Trinajstić information content (AvgIpc) is 3.40. The molecule has 0 bridgehead atoms. The molecule has 0 unspecified atom stereocenters. The fourth-order valence-electron chi connectivity index (χ4n) is 5.58. The van der Waals surface area contributed by atoms with E-state index in [1.807, 2.05) is 24.3 Å². The highest BCUT2D eigenvalue weighted by molar-refractivity contribution is 6.24. The molecule has 0 N–H and O–H groups in total. The number of anilines is 1. The zero-order valence-electron chi connectivity index (χ0n) is 19.7. The average molecular weight is 482 g/mol. The highest BCUT2D eigenvalue weighted by atomic mass is 16.5. The number of benzene rings is 3. The quantitative estimate of drug-likeness (QED) is 0.410. The Bertz CT molecular complexity index is 1400. The SMILES string of the molecule is COc1ccc(C(=O)[C@H]2[C@H]3C(=O)N(c4ccc(OC)cc4)C(=O)[C@H]3[C@@H]3c4ccccc4C=NN23)cc1. The van der Waals surface area contributed by atoms with Gasteiger partial charge in [-0.1, -0.05) is 24.3 Å². The molecule has 3 aromatic carbocycles. The normalized spacial score (nSPS) is 23.8. The summed E-state index contributed by atoms with van der Waals surface area (Å²) in [4.78, 5) is 42.8. The molecule has 2 fully saturated rings. The van der Waals surface area contributed by atoms with E-state index in [-0.39, 0.29) is 11.7 Å². The number of methoxy groups -OCH3 is 2. The van der Waals surface area contributed by atoms with Crippen LogP contribution >= 0.6 is 0 Å². The zero-order valence-corrected chi connectivity index (χ0v) is 19.7. The van der Waals surface area contributed by atoms with Crippen LogP contribution < -0.4 is 14.4 Å². The van der Waals surface area contributed by atoms with Crippen molar-refractivity contribution < 1.29 is 23.9 Å². The topological polar surface area (TPSA) is 88.5 Å². The van der Waals surface area contributed by atoms with Gasteiger partial charge in [0.15, 0.2) is 5.78 Å². The van der Waals surface area contributed by atoms with Gasteiger partial charge in [0.1, 0.15) is 17.5 Å². The van der Waals surface area contributed by atoms with Crippen LogP contribution in [0.2, 0.25) is 0 Å². The van der Waals surface area contributed by atoms with Crippen molar-refractivity contribution in [1.29, 1.82) is 0 Å². The summed E-state index contributed by atoms with van der Waals surface area (Å²) >= 11 is 0. The molecule has 0 saturated carbocycles. The number of nitrogens with zero attached hydrogens (tertiary/aromatic N) is 3. The Hall–Kier alpha value is -4.46. The van der Waals surface area contributed by atoms with E-state index in [9.17, 15) is 14.4 Å². The van der Waals surface area contributed by atoms with Crippen LogP contribution in [-0.4, -0.2) is 49.1 Å². The number of Topliss-reactive ketones (excluding diaryl/α,β-unsaturated/α-hetero) is 1. The lowest BCUT2D eigenvalue weighted by Gasteiger charge is -2.33. The minimum atomic E-state index is -0.919. The number of carbonyl (C=O) groups excluding carboxylic acids is 3. The lowest BCUT2D eigenvalue weighted by Crippen LogP contribution is -2.44. The molecule has 180 valence electrons. The number of ketones is 1. The van der Waals surface area contributed by atoms with Crippen LogP contribution in [0, 0.1) is 11.8 Å². The van der Waals surface area contributed by atoms with Crippen LogP contribution in [0.15, 0.2) is 77.9 Å². The van der Waals surface area contributed by atoms with Gasteiger partial charge in [0.05, 0.1) is 44.0 Å². The maximum Gasteiger partial charge on any atom is 0.240 e. The molecule has 2 saturated heterocycles. The molecule has 4 atom stereocenters. The Balaban J connectivity index is 1.46. The molecular formula is C28H23N3O5. The van der Waals surface area contributed by atoms with Crippen molar-refractivity contribution in [3.05, 3.63) is 89.5 Å². The monoisotopic (exact) mass is 481 g/mol. The molecule has 6 rings (SSSR count). The summed E-state index contributed by atoms with van der Waals surface area (Å²) in [6.45, 7) is 0. The molecule has 3 aliphatic rings. The van der Waals surface area contributed by atoms with Crippen molar-refractivity contribution in [3.8, 4) is 11.5 Å². The second-order valence-electron chi connectivity index (χ2n) is 9.00. The maximum atomic E-state index is 13.9. The van der Waals surface area contributed by atoms with Gasteiger partial charge in [-0.15, -0.1) is 0 Å². The number of imide groups is 1. The van der Waals surface area contributed by atoms with Crippen LogP contribution in [0.1, 0.15) is 27.5 Å². The van der Waals surface area contributed by atoms with Gasteiger partial charge in [-0.3, -0.25) is 19.4 Å². The van der Waals surface area contributed by atoms with E-state index in [1.54, 1.807) is 74.0 Å². The van der Waals surface area contributed by atoms with Gasteiger partial charge >= 0.3 is 0 Å². The first-order valence-electron chi connectivity index (χ1n) is 11.6. The molecular weight excluding hydrogens is 458 g/mol. The van der Waals surface area contributed by atoms with Crippen molar-refractivity contribution in [2.45, 2.75) is 12.1 Å². The lowest BCUT2D eigenvalue weighted by molar-refractivity contribution is -0.124. The van der Waals surface area contributed by atoms with Gasteiger partial charge in [-0.05, 0) is 59.7 Å². The van der Waals surface area contributed by atoms with Crippen LogP contribution in [0.4, 0.5) is 5.69 Å². The van der Waals surface area contributed by atoms with Gasteiger partial charge in [0, 0.05) is 5.56 Å². The summed E-state index contributed by atoms with van der Waals surface area (Å²) in [6, 6.07) is 19.7. The molecule has 36 heavy (non-hydrogen) atoms. The second-order valence-corrected chi connectivity index (χ2v) is 9.00. The number of hydrazone groups is 1. The first-order valence-corrected chi connectivity index (χ1v) is 11.6. The third kappa shape index (κ3) is 3.14. The summed E-state index contributed by atoms with van der Waals surface area (Å²) in [7, 11) is 3.11. The standard InChI is InChI=1S/C28H23N3O5/c1-35-19-11-7-16(8-12-19)26(32)25-23-22(24-21-6-4-3-5-17(21)15-29-31(24)25)27(33)30(28(23)34)18-9-13-20(36-2)14-10-18/h3-15,22-25H,1-2H3/t22-,23+,24+,25-/m1/s1. The minimum Gasteiger partial charge on any atom is -0.497 e. The third-order valence-electron chi connectivity index (χ3n) is 7.27. The summed E-state index contributed by atoms with van der Waals surface area (Å²) in [5.41, 5.74) is 2.64. The predicted molar refractivity (Wildman–Crippen MR) is 132 cm³/mol. The molecule has 0 aromatic heterocycles. The zero-order chi connectivity index (χ0) is 25.0. The smallest absolute Gasteiger partial charge is 0.240 e. The maximum absolute atomic E-state index is 13.9. The number of hydrogen-bond donors (Lipinski definition) is 0. The van der Waals surface area contributed by atoms with E-state index in [2.05, 4.69) is 5.10 Å². The van der Waals surface area contributed by atoms with Crippen molar-refractivity contribution in [2.75, 3.05) is 19.1 Å². The molecule has 3 aromatic rings. The van der Waals surface area contributed by atoms with E-state index < -0.39 is 29.8 Å². The molecule has 0 aliphatic carbocycles. The Morgan fingerprint density at radius 1 is 0.806 bits per heavy atom. The third-order valence-corrected chi connectivity index (χ3v) is 7.27. The fraction of sp³-hybridized carbons (Fsp3) is 0.214. The van der Waals surface area contributed by atoms with Crippen LogP contribution in [0.3, 0.4) is 0 Å². The molecule has 0 spiro atoms. The van der Waals surface area contributed by atoms with E-state index in [0.717, 1.165) is 11.1 Å². The van der Waals surface area contributed by atoms with Crippen LogP contribution in [0.5, 0.6) is 11.5 Å². The summed E-state index contributed by atoms with van der Waals surface area (Å²) in [6.07, 6.45) is 1.69. The van der Waals surface area contributed by atoms with Gasteiger partial charge in [0.25, 0.3) is 0 Å². The summed E-state index contributed by atoms with van der Waals surface area (Å²) in [5, 5.41) is 6.25. The minimum absolute atomic E-state index is 0.260. The Morgan fingerprint density at radius 2 is 1.42 bits per heavy atom. The first-order chi connectivity index (χ1) is 17.5. The van der Waals surface area contributed by atoms with E-state index in [4.69, 9.17) is 9.47 Å². The van der Waals surface area contributed by atoms with Crippen molar-refractivity contribution in [1.82, 2.24) is 5.01 Å². The number of carbonyl (C=O) groups is 3. The second kappa shape index (κ2) is 8.34. The van der Waals surface area contributed by atoms with Crippen LogP contribution in [0.25, 0.3) is 0 Å². The molecule has 2 amide bonds. The highest BCUT2D eigenvalue weighted by Gasteiger charge is 2.65. The Morgan fingerprint density at radius 3 is 2.08 bits per heavy atom. The predicted octanol–water partition coefficient (Wildman–Crippen LogP) is 3.47. The summed E-state index contributed by atoms with van der Waals surface area (Å²) in [5.74, 6) is -1.37. The molecule has 0 radical (unpaired) electrons. The van der Waals surface area contributed by atoms with Gasteiger partial charge in [-0.25, -0.2) is 4.90 Å². The van der Waals surface area contributed by atoms with Gasteiger partial charge in [0.2, 0.25) is 11.8 Å². The largest absolute Gasteiger partial charge is 0.497 e. The molecule has 3 aliphatic heterocycles. The van der Waals surface area contributed by atoms with Crippen molar-refractivity contribution in [3.63, 3.8) is 0 Å². The van der Waals surface area contributed by atoms with E-state index in [1.165, 1.54) is 4.90 Å². The fourth-order valence-corrected chi connectivity index (χ4v) is 5.58. The highest BCUT2D eigenvalue weighted by Crippen LogP contribution is 2.53. The van der Waals surface area contributed by atoms with Gasteiger partial charge in [-0.2, -0.15) is 5.10 Å². The summed E-state index contributed by atoms with van der Waals surface area (Å²) < 4.78 is 10.4. The number of ether oxygens (including phenoxy) is 2.